The molecule has 1 fully saturated rings. The topological polar surface area (TPSA) is 38.7 Å². The van der Waals surface area contributed by atoms with Gasteiger partial charge in [0.25, 0.3) is 0 Å². The molecule has 1 aliphatic rings. The van der Waals surface area contributed by atoms with Gasteiger partial charge in [-0.25, -0.2) is 0 Å². The second kappa shape index (κ2) is 3.62. The Balaban J connectivity index is 2.74. The minimum Gasteiger partial charge on any atom is -0.386 e. The van der Waals surface area contributed by atoms with Gasteiger partial charge < -0.3 is 14.6 Å². The predicted molar refractivity (Wildman–Crippen MR) is 50.2 cm³/mol. The third-order valence-electron chi connectivity index (χ3n) is 1.97. The molecule has 0 aromatic rings. The van der Waals surface area contributed by atoms with Crippen molar-refractivity contribution in [1.29, 1.82) is 0 Å². The highest BCUT2D eigenvalue weighted by Gasteiger charge is 2.42. The van der Waals surface area contributed by atoms with Gasteiger partial charge in [0.05, 0.1) is 0 Å². The Hall–Kier alpha value is -0.640. The molecule has 0 amide bonds. The summed E-state index contributed by atoms with van der Waals surface area (Å²) in [5.74, 6) is -0.659. The fourth-order valence-electron chi connectivity index (χ4n) is 1.40. The van der Waals surface area contributed by atoms with E-state index in [1.807, 2.05) is 0 Å². The Bertz CT molecular complexity index is 210. The summed E-state index contributed by atoms with van der Waals surface area (Å²) in [7, 11) is 0. The Morgan fingerprint density at radius 1 is 1.38 bits per heavy atom. The van der Waals surface area contributed by atoms with E-state index in [0.29, 0.717) is 0 Å². The van der Waals surface area contributed by atoms with Crippen LogP contribution < -0.4 is 0 Å². The number of hydrogen-bond donors (Lipinski definition) is 1. The van der Waals surface area contributed by atoms with Crippen molar-refractivity contribution in [3.05, 3.63) is 25.3 Å². The lowest BCUT2D eigenvalue weighted by atomic mass is 10.1. The quantitative estimate of drug-likeness (QED) is 0.671. The molecule has 1 rings (SSSR count). The van der Waals surface area contributed by atoms with Crippen molar-refractivity contribution in [2.45, 2.75) is 37.9 Å². The normalized spacial score (nSPS) is 34.1. The lowest BCUT2D eigenvalue weighted by Crippen LogP contribution is -2.32. The van der Waals surface area contributed by atoms with E-state index in [9.17, 15) is 5.11 Å². The second-order valence-corrected chi connectivity index (χ2v) is 3.53. The van der Waals surface area contributed by atoms with E-state index in [1.54, 1.807) is 19.9 Å². The predicted octanol–water partition coefficient (Wildman–Crippen LogP) is 1.24. The molecule has 0 aromatic heterocycles. The lowest BCUT2D eigenvalue weighted by Gasteiger charge is -2.18. The van der Waals surface area contributed by atoms with E-state index in [0.717, 1.165) is 0 Å². The Morgan fingerprint density at radius 2 is 2.00 bits per heavy atom. The van der Waals surface area contributed by atoms with Crippen LogP contribution in [0.25, 0.3) is 0 Å². The van der Waals surface area contributed by atoms with Crippen LogP contribution in [0.1, 0.15) is 13.8 Å². The number of aliphatic hydroxyl groups is 1. The lowest BCUT2D eigenvalue weighted by molar-refractivity contribution is -0.150. The first kappa shape index (κ1) is 10.4. The van der Waals surface area contributed by atoms with Gasteiger partial charge >= 0.3 is 0 Å². The summed E-state index contributed by atoms with van der Waals surface area (Å²) in [6, 6.07) is 0. The first-order valence-electron chi connectivity index (χ1n) is 4.29. The van der Waals surface area contributed by atoms with E-state index >= 15 is 0 Å². The van der Waals surface area contributed by atoms with Crippen LogP contribution in [0.15, 0.2) is 25.3 Å². The molecular weight excluding hydrogens is 168 g/mol. The third kappa shape index (κ3) is 2.18. The number of rotatable bonds is 3. The molecule has 3 heteroatoms. The van der Waals surface area contributed by atoms with Crippen molar-refractivity contribution in [3.63, 3.8) is 0 Å². The molecule has 0 aromatic carbocycles. The summed E-state index contributed by atoms with van der Waals surface area (Å²) in [6.07, 6.45) is 1.68. The van der Waals surface area contributed by atoms with E-state index in [2.05, 4.69) is 13.2 Å². The van der Waals surface area contributed by atoms with Crippen LogP contribution in [0.4, 0.5) is 0 Å². The summed E-state index contributed by atoms with van der Waals surface area (Å²) in [5.41, 5.74) is 0. The zero-order valence-corrected chi connectivity index (χ0v) is 8.06. The van der Waals surface area contributed by atoms with Crippen LogP contribution in [0.2, 0.25) is 0 Å². The molecule has 3 atom stereocenters. The maximum absolute atomic E-state index is 9.52. The monoisotopic (exact) mass is 184 g/mol. The van der Waals surface area contributed by atoms with Gasteiger partial charge in [0, 0.05) is 0 Å². The van der Waals surface area contributed by atoms with Crippen LogP contribution >= 0.6 is 0 Å². The zero-order chi connectivity index (χ0) is 10.1. The van der Waals surface area contributed by atoms with Crippen molar-refractivity contribution in [2.75, 3.05) is 0 Å². The highest BCUT2D eigenvalue weighted by atomic mass is 16.8. The van der Waals surface area contributed by atoms with Gasteiger partial charge in [-0.1, -0.05) is 12.2 Å². The Kier molecular flexibility index (Phi) is 2.91. The molecule has 1 heterocycles. The number of hydrogen-bond acceptors (Lipinski definition) is 3. The first-order chi connectivity index (χ1) is 6.00. The molecule has 0 bridgehead atoms. The SMILES string of the molecule is C=CC(O)C1OC(C)(C)O[C@H]1C=C. The average Bonchev–Trinajstić information content (AvgIpc) is 2.39. The summed E-state index contributed by atoms with van der Waals surface area (Å²) >= 11 is 0. The molecule has 0 aliphatic carbocycles. The largest absolute Gasteiger partial charge is 0.386 e. The molecule has 1 saturated heterocycles. The van der Waals surface area contributed by atoms with Crippen LogP contribution in [-0.4, -0.2) is 29.2 Å². The molecule has 1 aliphatic heterocycles. The summed E-state index contributed by atoms with van der Waals surface area (Å²) in [5, 5.41) is 9.52. The van der Waals surface area contributed by atoms with E-state index < -0.39 is 18.0 Å². The molecule has 3 nitrogen and oxygen atoms in total. The van der Waals surface area contributed by atoms with Crippen LogP contribution in [0.3, 0.4) is 0 Å². The summed E-state index contributed by atoms with van der Waals surface area (Å²) < 4.78 is 11.0. The molecule has 1 N–H and O–H groups in total. The molecule has 0 saturated carbocycles. The second-order valence-electron chi connectivity index (χ2n) is 3.53. The molecule has 74 valence electrons. The van der Waals surface area contributed by atoms with Gasteiger partial charge in [-0.05, 0) is 13.8 Å². The van der Waals surface area contributed by atoms with Gasteiger partial charge in [-0.15, -0.1) is 13.2 Å². The molecule has 2 unspecified atom stereocenters. The van der Waals surface area contributed by atoms with Crippen molar-refractivity contribution < 1.29 is 14.6 Å². The molecule has 0 spiro atoms. The molecule has 13 heavy (non-hydrogen) atoms. The average molecular weight is 184 g/mol. The first-order valence-corrected chi connectivity index (χ1v) is 4.29. The van der Waals surface area contributed by atoms with E-state index in [1.165, 1.54) is 6.08 Å². The van der Waals surface area contributed by atoms with Crippen molar-refractivity contribution in [1.82, 2.24) is 0 Å². The van der Waals surface area contributed by atoms with Crippen LogP contribution in [0.5, 0.6) is 0 Å². The maximum Gasteiger partial charge on any atom is 0.164 e. The summed E-state index contributed by atoms with van der Waals surface area (Å²) in [6.45, 7) is 10.7. The minimum atomic E-state index is -0.718. The fraction of sp³-hybridized carbons (Fsp3) is 0.600. The van der Waals surface area contributed by atoms with Crippen molar-refractivity contribution >= 4 is 0 Å². The smallest absolute Gasteiger partial charge is 0.164 e. The van der Waals surface area contributed by atoms with Gasteiger partial charge in [-0.2, -0.15) is 0 Å². The maximum atomic E-state index is 9.52. The number of aliphatic hydroxyl groups excluding tert-OH is 1. The van der Waals surface area contributed by atoms with Gasteiger partial charge in [0.2, 0.25) is 0 Å². The Morgan fingerprint density at radius 3 is 2.46 bits per heavy atom. The Labute approximate surface area is 78.7 Å². The highest BCUT2D eigenvalue weighted by molar-refractivity contribution is 5.00. The summed E-state index contributed by atoms with van der Waals surface area (Å²) in [4.78, 5) is 0. The molecule has 0 radical (unpaired) electrons. The zero-order valence-electron chi connectivity index (χ0n) is 8.06. The minimum absolute atomic E-state index is 0.275. The number of ether oxygens (including phenoxy) is 2. The van der Waals surface area contributed by atoms with Crippen LogP contribution in [-0.2, 0) is 9.47 Å². The van der Waals surface area contributed by atoms with E-state index in [4.69, 9.17) is 9.47 Å². The standard InChI is InChI=1S/C10H16O3/c1-5-7(11)9-8(6-2)12-10(3,4)13-9/h5-9,11H,1-2H2,3-4H3/t7?,8-,9?/m0/s1. The van der Waals surface area contributed by atoms with Crippen LogP contribution in [0, 0.1) is 0 Å². The van der Waals surface area contributed by atoms with Gasteiger partial charge in [0.1, 0.15) is 18.3 Å². The third-order valence-corrected chi connectivity index (χ3v) is 1.97. The van der Waals surface area contributed by atoms with Crippen molar-refractivity contribution in [3.8, 4) is 0 Å². The molecular formula is C10H16O3. The fourth-order valence-corrected chi connectivity index (χ4v) is 1.40. The van der Waals surface area contributed by atoms with Gasteiger partial charge in [0.15, 0.2) is 5.79 Å². The van der Waals surface area contributed by atoms with E-state index in [-0.39, 0.29) is 6.10 Å². The van der Waals surface area contributed by atoms with Crippen molar-refractivity contribution in [2.24, 2.45) is 0 Å². The highest BCUT2D eigenvalue weighted by Crippen LogP contribution is 2.30. The van der Waals surface area contributed by atoms with Gasteiger partial charge in [-0.3, -0.25) is 0 Å².